The van der Waals surface area contributed by atoms with Crippen LogP contribution in [-0.2, 0) is 20.6 Å². The maximum Gasteiger partial charge on any atom is 0.416 e. The van der Waals surface area contributed by atoms with E-state index in [0.29, 0.717) is 31.9 Å². The van der Waals surface area contributed by atoms with Crippen LogP contribution in [0.4, 0.5) is 18.9 Å². The second-order valence-electron chi connectivity index (χ2n) is 9.15. The van der Waals surface area contributed by atoms with Crippen LogP contribution < -0.4 is 27.8 Å². The van der Waals surface area contributed by atoms with E-state index in [0.717, 1.165) is 28.6 Å². The second kappa shape index (κ2) is 16.3. The van der Waals surface area contributed by atoms with Crippen LogP contribution in [0.3, 0.4) is 0 Å². The summed E-state index contributed by atoms with van der Waals surface area (Å²) in [6, 6.07) is 13.5. The first-order valence-electron chi connectivity index (χ1n) is 12.9. The molecule has 222 valence electrons. The van der Waals surface area contributed by atoms with Gasteiger partial charge in [-0.1, -0.05) is 35.9 Å². The maximum atomic E-state index is 12.2. The molecule has 3 aromatic rings. The first-order chi connectivity index (χ1) is 19.4. The van der Waals surface area contributed by atoms with E-state index in [9.17, 15) is 27.6 Å². The van der Waals surface area contributed by atoms with Crippen molar-refractivity contribution in [1.82, 2.24) is 15.2 Å². The van der Waals surface area contributed by atoms with Crippen LogP contribution in [0.5, 0.6) is 0 Å². The number of halogens is 3. The van der Waals surface area contributed by atoms with Crippen molar-refractivity contribution < 1.29 is 27.6 Å². The summed E-state index contributed by atoms with van der Waals surface area (Å²) in [7, 11) is 0. The zero-order chi connectivity index (χ0) is 30.4. The SMILES string of the molecule is Cc1ccc(C(F)(F)F)cc1.NCCN(CCN)C(=O)CCC(N)C(=O)NCC(=O)Nc1cnc2ccccc2c1. The Hall–Kier alpha value is -4.07. The largest absolute Gasteiger partial charge is 0.416 e. The summed E-state index contributed by atoms with van der Waals surface area (Å²) in [6.45, 7) is 2.99. The molecule has 1 atom stereocenters. The summed E-state index contributed by atoms with van der Waals surface area (Å²) in [6.07, 6.45) is -2.41. The Morgan fingerprint density at radius 3 is 2.24 bits per heavy atom. The lowest BCUT2D eigenvalue weighted by atomic mass is 10.1. The molecule has 0 radical (unpaired) electrons. The number of rotatable bonds is 11. The Labute approximate surface area is 236 Å². The molecule has 41 heavy (non-hydrogen) atoms. The quantitative estimate of drug-likeness (QED) is 0.233. The summed E-state index contributed by atoms with van der Waals surface area (Å²) in [5, 5.41) is 6.05. The molecular formula is C28H36F3N7O3. The van der Waals surface area contributed by atoms with Gasteiger partial charge in [0.2, 0.25) is 17.7 Å². The van der Waals surface area contributed by atoms with E-state index in [1.807, 2.05) is 24.3 Å². The fourth-order valence-corrected chi connectivity index (χ4v) is 3.63. The van der Waals surface area contributed by atoms with Crippen LogP contribution in [0.2, 0.25) is 0 Å². The number of aryl methyl sites for hydroxylation is 1. The van der Waals surface area contributed by atoms with E-state index in [1.54, 1.807) is 24.1 Å². The van der Waals surface area contributed by atoms with Crippen LogP contribution in [0, 0.1) is 6.92 Å². The molecule has 0 fully saturated rings. The van der Waals surface area contributed by atoms with Crippen LogP contribution in [0.25, 0.3) is 10.9 Å². The standard InChI is InChI=1S/C20H29N7O3.C8H7F3/c21-7-9-27(10-8-22)19(29)6-5-16(23)20(30)25-13-18(28)26-15-11-14-3-1-2-4-17(14)24-12-15;1-6-2-4-7(5-3-6)8(9,10)11/h1-4,11-12,16H,5-10,13,21-23H2,(H,25,30)(H,26,28);2-5H,1H3. The molecule has 0 saturated heterocycles. The van der Waals surface area contributed by atoms with E-state index in [1.165, 1.54) is 12.1 Å². The molecule has 0 aliphatic carbocycles. The van der Waals surface area contributed by atoms with E-state index in [4.69, 9.17) is 17.2 Å². The van der Waals surface area contributed by atoms with Crippen LogP contribution >= 0.6 is 0 Å². The number of amides is 3. The number of para-hydroxylation sites is 1. The molecule has 0 saturated carbocycles. The molecule has 3 amide bonds. The van der Waals surface area contributed by atoms with Gasteiger partial charge in [0.05, 0.1) is 35.6 Å². The topological polar surface area (TPSA) is 169 Å². The fourth-order valence-electron chi connectivity index (χ4n) is 3.63. The molecule has 8 N–H and O–H groups in total. The summed E-state index contributed by atoms with van der Waals surface area (Å²) in [5.41, 5.74) is 18.4. The van der Waals surface area contributed by atoms with Gasteiger partial charge in [0.1, 0.15) is 0 Å². The number of pyridine rings is 1. The summed E-state index contributed by atoms with van der Waals surface area (Å²) in [5.74, 6) is -1.06. The average molecular weight is 576 g/mol. The van der Waals surface area contributed by atoms with E-state index < -0.39 is 29.6 Å². The summed E-state index contributed by atoms with van der Waals surface area (Å²) >= 11 is 0. The van der Waals surface area contributed by atoms with Gasteiger partial charge in [0.25, 0.3) is 0 Å². The third-order valence-corrected chi connectivity index (χ3v) is 5.83. The number of hydrogen-bond donors (Lipinski definition) is 5. The monoisotopic (exact) mass is 575 g/mol. The van der Waals surface area contributed by atoms with Gasteiger partial charge < -0.3 is 32.7 Å². The number of fused-ring (bicyclic) bond motifs is 1. The number of carbonyl (C=O) groups is 3. The minimum Gasteiger partial charge on any atom is -0.346 e. The summed E-state index contributed by atoms with van der Waals surface area (Å²) < 4.78 is 35.8. The van der Waals surface area contributed by atoms with Crippen molar-refractivity contribution in [3.63, 3.8) is 0 Å². The molecule has 3 rings (SSSR count). The van der Waals surface area contributed by atoms with Gasteiger partial charge in [-0.05, 0) is 37.6 Å². The third kappa shape index (κ3) is 11.5. The molecule has 13 heteroatoms. The minimum absolute atomic E-state index is 0.101. The normalized spacial score (nSPS) is 11.7. The number of anilines is 1. The van der Waals surface area contributed by atoms with Crippen LogP contribution in [0.15, 0.2) is 60.8 Å². The molecule has 0 aliphatic rings. The van der Waals surface area contributed by atoms with Crippen molar-refractivity contribution >= 4 is 34.3 Å². The minimum atomic E-state index is -4.21. The van der Waals surface area contributed by atoms with Crippen LogP contribution in [-0.4, -0.2) is 66.4 Å². The van der Waals surface area contributed by atoms with Gasteiger partial charge in [-0.25, -0.2) is 0 Å². The number of aromatic nitrogens is 1. The van der Waals surface area contributed by atoms with Gasteiger partial charge in [-0.3, -0.25) is 19.4 Å². The first kappa shape index (κ1) is 33.1. The summed E-state index contributed by atoms with van der Waals surface area (Å²) in [4.78, 5) is 42.2. The number of nitrogens with one attached hydrogen (secondary N) is 2. The Morgan fingerprint density at radius 1 is 1.00 bits per heavy atom. The molecule has 2 aromatic carbocycles. The molecule has 0 aliphatic heterocycles. The Kier molecular flexibility index (Phi) is 13.1. The van der Waals surface area contributed by atoms with Crippen molar-refractivity contribution in [3.8, 4) is 0 Å². The molecule has 1 unspecified atom stereocenters. The van der Waals surface area contributed by atoms with Gasteiger partial charge in [0, 0.05) is 38.0 Å². The highest BCUT2D eigenvalue weighted by Gasteiger charge is 2.29. The second-order valence-corrected chi connectivity index (χ2v) is 9.15. The number of carbonyl (C=O) groups excluding carboxylic acids is 3. The number of benzene rings is 2. The highest BCUT2D eigenvalue weighted by molar-refractivity contribution is 5.96. The van der Waals surface area contributed by atoms with E-state index >= 15 is 0 Å². The average Bonchev–Trinajstić information content (AvgIpc) is 2.94. The van der Waals surface area contributed by atoms with E-state index in [2.05, 4.69) is 15.6 Å². The number of nitrogens with zero attached hydrogens (tertiary/aromatic N) is 2. The first-order valence-corrected chi connectivity index (χ1v) is 12.9. The lowest BCUT2D eigenvalue weighted by Crippen LogP contribution is -2.45. The van der Waals surface area contributed by atoms with Crippen molar-refractivity contribution in [3.05, 3.63) is 71.9 Å². The van der Waals surface area contributed by atoms with Crippen molar-refractivity contribution in [2.45, 2.75) is 32.0 Å². The number of nitrogens with two attached hydrogens (primary N) is 3. The highest BCUT2D eigenvalue weighted by Crippen LogP contribution is 2.28. The molecule has 1 heterocycles. The lowest BCUT2D eigenvalue weighted by Gasteiger charge is -2.22. The Balaban J connectivity index is 0.000000446. The lowest BCUT2D eigenvalue weighted by molar-refractivity contribution is -0.137. The number of alkyl halides is 3. The fraction of sp³-hybridized carbons (Fsp3) is 0.357. The number of hydrogen-bond acceptors (Lipinski definition) is 7. The van der Waals surface area contributed by atoms with E-state index in [-0.39, 0.29) is 25.3 Å². The molecule has 0 bridgehead atoms. The van der Waals surface area contributed by atoms with Gasteiger partial charge in [0.15, 0.2) is 0 Å². The maximum absolute atomic E-state index is 12.2. The predicted molar refractivity (Wildman–Crippen MR) is 151 cm³/mol. The zero-order valence-corrected chi connectivity index (χ0v) is 22.8. The molecular weight excluding hydrogens is 539 g/mol. The van der Waals surface area contributed by atoms with Gasteiger partial charge in [-0.15, -0.1) is 0 Å². The van der Waals surface area contributed by atoms with Gasteiger partial charge in [-0.2, -0.15) is 13.2 Å². The zero-order valence-electron chi connectivity index (χ0n) is 22.8. The molecule has 0 spiro atoms. The highest BCUT2D eigenvalue weighted by atomic mass is 19.4. The van der Waals surface area contributed by atoms with Crippen molar-refractivity contribution in [2.75, 3.05) is 38.0 Å². The molecule has 10 nitrogen and oxygen atoms in total. The van der Waals surface area contributed by atoms with Crippen molar-refractivity contribution in [1.29, 1.82) is 0 Å². The van der Waals surface area contributed by atoms with Gasteiger partial charge >= 0.3 is 6.18 Å². The predicted octanol–water partition coefficient (Wildman–Crippen LogP) is 2.16. The smallest absolute Gasteiger partial charge is 0.346 e. The van der Waals surface area contributed by atoms with Crippen LogP contribution in [0.1, 0.15) is 24.0 Å². The molecule has 1 aromatic heterocycles. The Bertz CT molecular complexity index is 1280. The third-order valence-electron chi connectivity index (χ3n) is 5.83. The Morgan fingerprint density at radius 2 is 1.63 bits per heavy atom. The van der Waals surface area contributed by atoms with Crippen molar-refractivity contribution in [2.24, 2.45) is 17.2 Å².